The molecule has 12 heteroatoms. The first-order valence-electron chi connectivity index (χ1n) is 14.7. The average molecular weight is 702 g/mol. The monoisotopic (exact) mass is 700 g/mol. The first-order valence-corrected chi connectivity index (χ1v) is 15.5. The summed E-state index contributed by atoms with van der Waals surface area (Å²) in [5, 5.41) is 15.6. The minimum atomic E-state index is -0.868. The molecular weight excluding hydrogens is 671 g/mol. The van der Waals surface area contributed by atoms with Gasteiger partial charge in [0.25, 0.3) is 17.7 Å². The molecule has 0 spiro atoms. The minimum absolute atomic E-state index is 0.0270. The van der Waals surface area contributed by atoms with Crippen molar-refractivity contribution in [2.45, 2.75) is 13.0 Å². The number of Topliss-reactive ketones (excluding diaryl/α,β-unsaturated/α-hetero) is 1. The van der Waals surface area contributed by atoms with Crippen LogP contribution in [0.2, 0.25) is 0 Å². The Labute approximate surface area is 278 Å². The molecule has 0 aliphatic carbocycles. The maximum atomic E-state index is 13.6. The summed E-state index contributed by atoms with van der Waals surface area (Å²) in [4.78, 5) is 57.7. The van der Waals surface area contributed by atoms with Crippen LogP contribution < -0.4 is 10.6 Å². The lowest BCUT2D eigenvalue weighted by molar-refractivity contribution is -0.117. The molecular formula is C35H30BrFN4O6. The summed E-state index contributed by atoms with van der Waals surface area (Å²) in [6.45, 7) is 0.599. The van der Waals surface area contributed by atoms with Crippen LogP contribution in [0.4, 0.5) is 10.1 Å². The van der Waals surface area contributed by atoms with Crippen LogP contribution in [0.1, 0.15) is 47.9 Å². The predicted octanol–water partition coefficient (Wildman–Crippen LogP) is 5.24. The number of halogens is 2. The van der Waals surface area contributed by atoms with Gasteiger partial charge in [-0.05, 0) is 56.9 Å². The predicted molar refractivity (Wildman–Crippen MR) is 176 cm³/mol. The Kier molecular flexibility index (Phi) is 10.9. The number of amides is 3. The van der Waals surface area contributed by atoms with Crippen molar-refractivity contribution in [1.82, 2.24) is 15.2 Å². The molecule has 0 bridgehead atoms. The van der Waals surface area contributed by atoms with Gasteiger partial charge >= 0.3 is 0 Å². The number of hydrogen-bond donors (Lipinski definition) is 3. The van der Waals surface area contributed by atoms with Crippen LogP contribution in [-0.2, 0) is 22.6 Å². The normalized spacial score (nSPS) is 12.6. The number of anilines is 1. The fourth-order valence-corrected chi connectivity index (χ4v) is 5.56. The number of carbonyl (C=O) groups excluding carboxylic acids is 4. The minimum Gasteiger partial charge on any atom is -0.515 e. The third kappa shape index (κ3) is 7.79. The van der Waals surface area contributed by atoms with Crippen molar-refractivity contribution in [2.75, 3.05) is 31.6 Å². The van der Waals surface area contributed by atoms with E-state index in [1.807, 2.05) is 30.3 Å². The number of aliphatic hydroxyl groups is 1. The summed E-state index contributed by atoms with van der Waals surface area (Å²) < 4.78 is 19.5. The topological polar surface area (TPSA) is 138 Å². The fourth-order valence-electron chi connectivity index (χ4n) is 4.99. The second kappa shape index (κ2) is 15.4. The van der Waals surface area contributed by atoms with Crippen LogP contribution >= 0.6 is 15.9 Å². The summed E-state index contributed by atoms with van der Waals surface area (Å²) in [7, 11) is 0. The molecule has 0 atom stereocenters. The summed E-state index contributed by atoms with van der Waals surface area (Å²) in [6, 6.07) is 21.9. The van der Waals surface area contributed by atoms with E-state index in [-0.39, 0.29) is 43.4 Å². The molecule has 5 rings (SSSR count). The molecule has 1 aliphatic heterocycles. The number of ketones is 1. The van der Waals surface area contributed by atoms with Crippen molar-refractivity contribution in [2.24, 2.45) is 0 Å². The van der Waals surface area contributed by atoms with Crippen molar-refractivity contribution in [3.63, 3.8) is 0 Å². The number of nitrogens with zero attached hydrogens (tertiary/aromatic N) is 2. The molecule has 47 heavy (non-hydrogen) atoms. The summed E-state index contributed by atoms with van der Waals surface area (Å²) >= 11 is 3.54. The zero-order valence-corrected chi connectivity index (χ0v) is 26.6. The number of pyridine rings is 1. The van der Waals surface area contributed by atoms with E-state index >= 15 is 0 Å². The van der Waals surface area contributed by atoms with Gasteiger partial charge in [0, 0.05) is 36.7 Å². The van der Waals surface area contributed by atoms with Gasteiger partial charge in [-0.1, -0.05) is 54.6 Å². The Balaban J connectivity index is 1.31. The highest BCUT2D eigenvalue weighted by molar-refractivity contribution is 9.10. The molecule has 4 aromatic rings. The molecule has 240 valence electrons. The average Bonchev–Trinajstić information content (AvgIpc) is 3.32. The number of fused-ring (bicyclic) bond motifs is 1. The van der Waals surface area contributed by atoms with Crippen molar-refractivity contribution in [3.05, 3.63) is 141 Å². The molecule has 3 N–H and O–H groups in total. The Hall–Kier alpha value is -5.20. The van der Waals surface area contributed by atoms with E-state index in [0.29, 0.717) is 40.5 Å². The third-order valence-electron chi connectivity index (χ3n) is 7.39. The Morgan fingerprint density at radius 2 is 1.57 bits per heavy atom. The van der Waals surface area contributed by atoms with Crippen molar-refractivity contribution in [3.8, 4) is 0 Å². The van der Waals surface area contributed by atoms with Gasteiger partial charge in [0.05, 0.1) is 36.3 Å². The lowest BCUT2D eigenvalue weighted by Gasteiger charge is -2.19. The quantitative estimate of drug-likeness (QED) is 0.0309. The third-order valence-corrected chi connectivity index (χ3v) is 8.29. The van der Waals surface area contributed by atoms with Crippen molar-refractivity contribution < 1.29 is 33.4 Å². The zero-order chi connectivity index (χ0) is 33.3. The smallest absolute Gasteiger partial charge is 0.261 e. The molecule has 2 heterocycles. The van der Waals surface area contributed by atoms with E-state index < -0.39 is 29.1 Å². The number of rotatable bonds is 14. The molecule has 0 unspecified atom stereocenters. The molecule has 1 aromatic heterocycles. The van der Waals surface area contributed by atoms with Gasteiger partial charge in [0.1, 0.15) is 17.1 Å². The number of imide groups is 1. The van der Waals surface area contributed by atoms with Gasteiger partial charge in [0.15, 0.2) is 0 Å². The number of benzene rings is 3. The highest BCUT2D eigenvalue weighted by atomic mass is 79.9. The molecule has 0 radical (unpaired) electrons. The van der Waals surface area contributed by atoms with Crippen LogP contribution in [0.5, 0.6) is 0 Å². The molecule has 0 fully saturated rings. The zero-order valence-electron chi connectivity index (χ0n) is 25.0. The second-order valence-corrected chi connectivity index (χ2v) is 11.3. The Morgan fingerprint density at radius 3 is 2.23 bits per heavy atom. The number of hydrogen-bond acceptors (Lipinski definition) is 8. The lowest BCUT2D eigenvalue weighted by atomic mass is 10.0. The standard InChI is InChI=1S/C35H30BrFN4O6/c36-29-24(18-22-10-12-25(37)13-11-22)19-40-31(30(29)38-14-16-41-34(45)26-8-4-5-9-27(26)35(41)46)32(43)28(20-42)33(44)39-15-17-47-21-23-6-2-1-3-7-23/h1-13,19-20,38,42H,14-18,21H2,(H,39,44). The fraction of sp³-hybridized carbons (Fsp3) is 0.171. The van der Waals surface area contributed by atoms with E-state index in [4.69, 9.17) is 4.74 Å². The van der Waals surface area contributed by atoms with Gasteiger partial charge in [-0.2, -0.15) is 0 Å². The maximum absolute atomic E-state index is 13.6. The number of carbonyl (C=O) groups is 4. The summed E-state index contributed by atoms with van der Waals surface area (Å²) in [5.41, 5.74) is 2.44. The van der Waals surface area contributed by atoms with E-state index in [1.54, 1.807) is 36.4 Å². The lowest BCUT2D eigenvalue weighted by Crippen LogP contribution is -2.34. The molecule has 0 saturated heterocycles. The Morgan fingerprint density at radius 1 is 0.915 bits per heavy atom. The van der Waals surface area contributed by atoms with Gasteiger partial charge in [0.2, 0.25) is 5.78 Å². The second-order valence-electron chi connectivity index (χ2n) is 10.5. The molecule has 1 aliphatic rings. The van der Waals surface area contributed by atoms with Gasteiger partial charge in [-0.25, -0.2) is 4.39 Å². The molecule has 3 amide bonds. The van der Waals surface area contributed by atoms with Crippen LogP contribution in [-0.4, -0.2) is 64.7 Å². The van der Waals surface area contributed by atoms with Crippen molar-refractivity contribution in [1.29, 1.82) is 0 Å². The van der Waals surface area contributed by atoms with Crippen molar-refractivity contribution >= 4 is 45.1 Å². The summed E-state index contributed by atoms with van der Waals surface area (Å²) in [6.07, 6.45) is 2.19. The number of nitrogens with one attached hydrogen (secondary N) is 2. The van der Waals surface area contributed by atoms with E-state index in [0.717, 1.165) is 16.0 Å². The van der Waals surface area contributed by atoms with Gasteiger partial charge in [-0.15, -0.1) is 0 Å². The highest BCUT2D eigenvalue weighted by Gasteiger charge is 2.35. The largest absolute Gasteiger partial charge is 0.515 e. The SMILES string of the molecule is O=C(NCCOCc1ccccc1)C(=CO)C(=O)c1ncc(Cc2ccc(F)cc2)c(Br)c1NCCN1C(=O)c2ccccc2C1=O. The van der Waals surface area contributed by atoms with Crippen LogP contribution in [0.25, 0.3) is 0 Å². The number of ether oxygens (including phenoxy) is 1. The van der Waals surface area contributed by atoms with E-state index in [1.165, 1.54) is 18.3 Å². The van der Waals surface area contributed by atoms with E-state index in [9.17, 15) is 28.7 Å². The maximum Gasteiger partial charge on any atom is 0.261 e. The van der Waals surface area contributed by atoms with Crippen LogP contribution in [0, 0.1) is 5.82 Å². The molecule has 0 saturated carbocycles. The molecule has 3 aromatic carbocycles. The molecule has 10 nitrogen and oxygen atoms in total. The highest BCUT2D eigenvalue weighted by Crippen LogP contribution is 2.32. The van der Waals surface area contributed by atoms with Crippen LogP contribution in [0.3, 0.4) is 0 Å². The van der Waals surface area contributed by atoms with Gasteiger partial charge in [-0.3, -0.25) is 29.1 Å². The Bertz CT molecular complexity index is 1800. The number of aromatic nitrogens is 1. The van der Waals surface area contributed by atoms with E-state index in [2.05, 4.69) is 31.5 Å². The van der Waals surface area contributed by atoms with Gasteiger partial charge < -0.3 is 20.5 Å². The first kappa shape index (κ1) is 33.2. The first-order chi connectivity index (χ1) is 22.8. The number of aliphatic hydroxyl groups excluding tert-OH is 1. The summed E-state index contributed by atoms with van der Waals surface area (Å²) in [5.74, 6) is -2.94. The van der Waals surface area contributed by atoms with Crippen LogP contribution in [0.15, 0.2) is 101 Å².